The number of rotatable bonds is 6. The average molecular weight is 445 g/mol. The predicted molar refractivity (Wildman–Crippen MR) is 126 cm³/mol. The van der Waals surface area contributed by atoms with Crippen molar-refractivity contribution in [2.24, 2.45) is 5.41 Å². The fraction of sp³-hybridized carbons (Fsp3) is 0.462. The molecule has 0 unspecified atom stereocenters. The lowest BCUT2D eigenvalue weighted by atomic mass is 9.70. The second-order valence-corrected chi connectivity index (χ2v) is 9.68. The highest BCUT2D eigenvalue weighted by Gasteiger charge is 2.56. The highest BCUT2D eigenvalue weighted by molar-refractivity contribution is 5.85. The van der Waals surface area contributed by atoms with Crippen molar-refractivity contribution in [3.05, 3.63) is 78.1 Å². The lowest BCUT2D eigenvalue weighted by Crippen LogP contribution is -2.52. The Kier molecular flexibility index (Phi) is 5.98. The van der Waals surface area contributed by atoms with E-state index in [1.807, 2.05) is 36.7 Å². The predicted octanol–water partition coefficient (Wildman–Crippen LogP) is 3.66. The minimum atomic E-state index is -0.438. The average Bonchev–Trinajstić information content (AvgIpc) is 3.44. The first-order chi connectivity index (χ1) is 16.1. The van der Waals surface area contributed by atoms with Crippen LogP contribution in [0.1, 0.15) is 55.6 Å². The molecule has 1 spiro atoms. The Morgan fingerprint density at radius 3 is 2.67 bits per heavy atom. The molecule has 3 aromatic rings. The second kappa shape index (κ2) is 9.06. The minimum absolute atomic E-state index is 0.110. The molecule has 172 valence electrons. The summed E-state index contributed by atoms with van der Waals surface area (Å²) in [4.78, 5) is 27.3. The number of carbonyl (C=O) groups is 1. The number of carbonyl (C=O) groups excluding carboxylic acids is 1. The molecule has 2 atom stereocenters. The molecule has 2 aliphatic heterocycles. The van der Waals surface area contributed by atoms with E-state index in [1.54, 1.807) is 12.4 Å². The monoisotopic (exact) mass is 444 g/mol. The molecule has 2 fully saturated rings. The van der Waals surface area contributed by atoms with Gasteiger partial charge in [-0.3, -0.25) is 24.3 Å². The summed E-state index contributed by atoms with van der Waals surface area (Å²) < 4.78 is 2.10. The molecule has 2 aliphatic rings. The Morgan fingerprint density at radius 1 is 1.06 bits per heavy atom. The van der Waals surface area contributed by atoms with E-state index in [1.165, 1.54) is 5.69 Å². The van der Waals surface area contributed by atoms with E-state index in [2.05, 4.69) is 55.5 Å². The normalized spacial score (nSPS) is 23.7. The van der Waals surface area contributed by atoms with Gasteiger partial charge >= 0.3 is 0 Å². The van der Waals surface area contributed by atoms with E-state index < -0.39 is 5.41 Å². The molecule has 3 aromatic heterocycles. The molecule has 0 N–H and O–H groups in total. The number of pyridine rings is 2. The summed E-state index contributed by atoms with van der Waals surface area (Å²) in [5.41, 5.74) is 2.91. The van der Waals surface area contributed by atoms with Gasteiger partial charge in [0.1, 0.15) is 0 Å². The Bertz CT molecular complexity index is 1080. The number of piperidine rings is 1. The van der Waals surface area contributed by atoms with Gasteiger partial charge in [-0.25, -0.2) is 0 Å². The second-order valence-electron chi connectivity index (χ2n) is 9.68. The fourth-order valence-corrected chi connectivity index (χ4v) is 5.69. The Hall–Kier alpha value is -3.06. The van der Waals surface area contributed by atoms with Crippen LogP contribution in [0, 0.1) is 5.41 Å². The van der Waals surface area contributed by atoms with Crippen LogP contribution in [-0.2, 0) is 17.9 Å². The van der Waals surface area contributed by atoms with Crippen molar-refractivity contribution >= 4 is 5.91 Å². The molecular weight excluding hydrogens is 412 g/mol. The summed E-state index contributed by atoms with van der Waals surface area (Å²) in [6.07, 6.45) is 9.24. The molecule has 7 heteroatoms. The van der Waals surface area contributed by atoms with Gasteiger partial charge in [-0.1, -0.05) is 6.07 Å². The van der Waals surface area contributed by atoms with Gasteiger partial charge in [0.2, 0.25) is 5.91 Å². The molecule has 0 radical (unpaired) electrons. The van der Waals surface area contributed by atoms with Crippen LogP contribution in [0.2, 0.25) is 0 Å². The number of likely N-dealkylation sites (tertiary alicyclic amines) is 2. The van der Waals surface area contributed by atoms with Gasteiger partial charge in [0.15, 0.2) is 0 Å². The number of hydrogen-bond donors (Lipinski definition) is 0. The van der Waals surface area contributed by atoms with Crippen LogP contribution in [0.25, 0.3) is 0 Å². The van der Waals surface area contributed by atoms with Crippen LogP contribution < -0.4 is 0 Å². The van der Waals surface area contributed by atoms with Crippen LogP contribution in [-0.4, -0.2) is 55.1 Å². The van der Waals surface area contributed by atoms with Crippen LogP contribution >= 0.6 is 0 Å². The summed E-state index contributed by atoms with van der Waals surface area (Å²) in [6.45, 7) is 8.10. The van der Waals surface area contributed by atoms with E-state index in [0.29, 0.717) is 6.54 Å². The fourth-order valence-electron chi connectivity index (χ4n) is 5.69. The largest absolute Gasteiger partial charge is 0.338 e. The zero-order valence-corrected chi connectivity index (χ0v) is 19.5. The van der Waals surface area contributed by atoms with E-state index in [9.17, 15) is 4.79 Å². The smallest absolute Gasteiger partial charge is 0.231 e. The van der Waals surface area contributed by atoms with Crippen molar-refractivity contribution in [1.29, 1.82) is 0 Å². The third kappa shape index (κ3) is 4.17. The zero-order chi connectivity index (χ0) is 22.8. The topological polar surface area (TPSA) is 67.2 Å². The van der Waals surface area contributed by atoms with E-state index in [-0.39, 0.29) is 17.9 Å². The minimum Gasteiger partial charge on any atom is -0.338 e. The van der Waals surface area contributed by atoms with E-state index >= 15 is 0 Å². The van der Waals surface area contributed by atoms with Crippen molar-refractivity contribution in [2.45, 2.75) is 51.7 Å². The zero-order valence-electron chi connectivity index (χ0n) is 19.5. The highest BCUT2D eigenvalue weighted by atomic mass is 16.2. The maximum absolute atomic E-state index is 14.2. The summed E-state index contributed by atoms with van der Waals surface area (Å²) in [7, 11) is 0. The van der Waals surface area contributed by atoms with Crippen LogP contribution in [0.4, 0.5) is 0 Å². The quantitative estimate of drug-likeness (QED) is 0.580. The number of nitrogens with zero attached hydrogens (tertiary/aromatic N) is 6. The SMILES string of the molecule is CC(C)n1nccc1[C@@H]1CN(Cc2ccccn2)C[C@]12CCCN(Cc1ccncc1)C2=O. The van der Waals surface area contributed by atoms with Crippen LogP contribution in [0.5, 0.6) is 0 Å². The maximum atomic E-state index is 14.2. The lowest BCUT2D eigenvalue weighted by Gasteiger charge is -2.42. The molecule has 1 amide bonds. The summed E-state index contributed by atoms with van der Waals surface area (Å²) in [5.74, 6) is 0.384. The first-order valence-electron chi connectivity index (χ1n) is 11.9. The standard InChI is InChI=1S/C26H32N6O/c1-20(2)32-24(9-14-29-32)23-18-30(17-22-6-3-4-11-28-22)19-26(23)10-5-15-31(25(26)33)16-21-7-12-27-13-8-21/h3-4,6-9,11-14,20,23H,5,10,15-19H2,1-2H3/t23-,26+/m0/s1. The van der Waals surface area contributed by atoms with Crippen molar-refractivity contribution < 1.29 is 4.79 Å². The van der Waals surface area contributed by atoms with Crippen LogP contribution in [0.15, 0.2) is 61.2 Å². The van der Waals surface area contributed by atoms with Crippen molar-refractivity contribution in [2.75, 3.05) is 19.6 Å². The van der Waals surface area contributed by atoms with Crippen LogP contribution in [0.3, 0.4) is 0 Å². The maximum Gasteiger partial charge on any atom is 0.231 e. The lowest BCUT2D eigenvalue weighted by molar-refractivity contribution is -0.147. The van der Waals surface area contributed by atoms with Gasteiger partial charge in [0.05, 0.1) is 11.1 Å². The van der Waals surface area contributed by atoms with Gasteiger partial charge in [-0.15, -0.1) is 0 Å². The molecule has 0 saturated carbocycles. The number of hydrogen-bond acceptors (Lipinski definition) is 5. The first-order valence-corrected chi connectivity index (χ1v) is 11.9. The Balaban J connectivity index is 1.48. The summed E-state index contributed by atoms with van der Waals surface area (Å²) in [6, 6.07) is 12.4. The van der Waals surface area contributed by atoms with Crippen molar-refractivity contribution in [1.82, 2.24) is 29.5 Å². The third-order valence-corrected chi connectivity index (χ3v) is 7.16. The third-order valence-electron chi connectivity index (χ3n) is 7.16. The van der Waals surface area contributed by atoms with E-state index in [0.717, 1.165) is 50.3 Å². The molecule has 33 heavy (non-hydrogen) atoms. The Labute approximate surface area is 195 Å². The van der Waals surface area contributed by atoms with Gasteiger partial charge in [-0.05, 0) is 62.6 Å². The van der Waals surface area contributed by atoms with Gasteiger partial charge in [0.25, 0.3) is 0 Å². The molecular formula is C26H32N6O. The molecule has 0 bridgehead atoms. The molecule has 0 aromatic carbocycles. The Morgan fingerprint density at radius 2 is 1.91 bits per heavy atom. The first kappa shape index (κ1) is 21.8. The molecule has 5 rings (SSSR count). The molecule has 2 saturated heterocycles. The summed E-state index contributed by atoms with van der Waals surface area (Å²) >= 11 is 0. The van der Waals surface area contributed by atoms with Crippen molar-refractivity contribution in [3.63, 3.8) is 0 Å². The number of aromatic nitrogens is 4. The molecule has 5 heterocycles. The van der Waals surface area contributed by atoms with Gasteiger partial charge in [-0.2, -0.15) is 5.10 Å². The van der Waals surface area contributed by atoms with E-state index in [4.69, 9.17) is 0 Å². The summed E-state index contributed by atoms with van der Waals surface area (Å²) in [5, 5.41) is 4.61. The van der Waals surface area contributed by atoms with Crippen molar-refractivity contribution in [3.8, 4) is 0 Å². The molecule has 7 nitrogen and oxygen atoms in total. The number of amides is 1. The highest BCUT2D eigenvalue weighted by Crippen LogP contribution is 2.50. The van der Waals surface area contributed by atoms with Gasteiger partial charge < -0.3 is 4.90 Å². The molecule has 0 aliphatic carbocycles. The van der Waals surface area contributed by atoms with Gasteiger partial charge in [0, 0.05) is 75.2 Å².